The first-order valence-electron chi connectivity index (χ1n) is 7.90. The number of rotatable bonds is 4. The van der Waals surface area contributed by atoms with E-state index in [9.17, 15) is 9.59 Å². The van der Waals surface area contributed by atoms with E-state index in [1.54, 1.807) is 35.9 Å². The first-order valence-corrected chi connectivity index (χ1v) is 7.90. The highest BCUT2D eigenvalue weighted by Crippen LogP contribution is 2.33. The summed E-state index contributed by atoms with van der Waals surface area (Å²) in [4.78, 5) is 28.3. The van der Waals surface area contributed by atoms with Gasteiger partial charge >= 0.3 is 0 Å². The van der Waals surface area contributed by atoms with Crippen LogP contribution in [-0.2, 0) is 9.59 Å². The maximum absolute atomic E-state index is 12.7. The summed E-state index contributed by atoms with van der Waals surface area (Å²) in [5.74, 6) is 0.350. The van der Waals surface area contributed by atoms with Crippen molar-refractivity contribution in [3.05, 3.63) is 66.2 Å². The zero-order chi connectivity index (χ0) is 17.1. The van der Waals surface area contributed by atoms with E-state index in [0.717, 1.165) is 5.56 Å². The summed E-state index contributed by atoms with van der Waals surface area (Å²) in [5, 5.41) is 0. The van der Waals surface area contributed by atoms with Crippen molar-refractivity contribution >= 4 is 11.8 Å². The normalized spacial score (nSPS) is 20.3. The van der Waals surface area contributed by atoms with Crippen LogP contribution in [0.15, 0.2) is 60.7 Å². The molecule has 2 amide bonds. The molecule has 2 atom stereocenters. The van der Waals surface area contributed by atoms with Gasteiger partial charge in [-0.15, -0.1) is 0 Å². The minimum atomic E-state index is -0.507. The van der Waals surface area contributed by atoms with Crippen LogP contribution in [0.3, 0.4) is 0 Å². The summed E-state index contributed by atoms with van der Waals surface area (Å²) in [5.41, 5.74) is 0.908. The van der Waals surface area contributed by atoms with Crippen LogP contribution in [0.2, 0.25) is 0 Å². The third-order valence-corrected chi connectivity index (χ3v) is 4.24. The summed E-state index contributed by atoms with van der Waals surface area (Å²) in [6.07, 6.45) is -0.402. The van der Waals surface area contributed by atoms with Crippen molar-refractivity contribution in [1.29, 1.82) is 0 Å². The second-order valence-corrected chi connectivity index (χ2v) is 5.81. The molecule has 0 spiro atoms. The van der Waals surface area contributed by atoms with E-state index in [1.165, 1.54) is 0 Å². The van der Waals surface area contributed by atoms with Gasteiger partial charge in [-0.25, -0.2) is 0 Å². The maximum atomic E-state index is 12.7. The molecular weight excluding hydrogens is 304 g/mol. The number of likely N-dealkylation sites (N-methyl/N-ethyl adjacent to an activating group) is 1. The highest BCUT2D eigenvalue weighted by atomic mass is 16.5. The summed E-state index contributed by atoms with van der Waals surface area (Å²) in [6, 6.07) is 18.2. The quantitative estimate of drug-likeness (QED) is 0.868. The number of amides is 2. The van der Waals surface area contributed by atoms with Crippen LogP contribution in [0.4, 0.5) is 0 Å². The van der Waals surface area contributed by atoms with Gasteiger partial charge in [0.25, 0.3) is 5.91 Å². The zero-order valence-corrected chi connectivity index (χ0v) is 13.8. The van der Waals surface area contributed by atoms with E-state index in [0.29, 0.717) is 5.75 Å². The fraction of sp³-hybridized carbons (Fsp3) is 0.263. The molecule has 0 aliphatic carbocycles. The van der Waals surface area contributed by atoms with Crippen LogP contribution in [0, 0.1) is 0 Å². The van der Waals surface area contributed by atoms with E-state index < -0.39 is 12.2 Å². The monoisotopic (exact) mass is 324 g/mol. The Hall–Kier alpha value is -2.82. The van der Waals surface area contributed by atoms with Crippen LogP contribution in [-0.4, -0.2) is 41.3 Å². The number of carbonyl (C=O) groups excluding carboxylic acids is 2. The minimum Gasteiger partial charge on any atom is -0.484 e. The van der Waals surface area contributed by atoms with Gasteiger partial charge in [-0.3, -0.25) is 9.59 Å². The number of ether oxygens (including phenoxy) is 1. The van der Waals surface area contributed by atoms with Gasteiger partial charge < -0.3 is 14.5 Å². The van der Waals surface area contributed by atoms with Gasteiger partial charge in [0.15, 0.2) is 6.61 Å². The first-order chi connectivity index (χ1) is 11.6. The smallest absolute Gasteiger partial charge is 0.263 e. The Kier molecular flexibility index (Phi) is 4.51. The summed E-state index contributed by atoms with van der Waals surface area (Å²) >= 11 is 0. The zero-order valence-electron chi connectivity index (χ0n) is 13.8. The van der Waals surface area contributed by atoms with Gasteiger partial charge in [0.2, 0.25) is 5.91 Å². The van der Waals surface area contributed by atoms with Crippen molar-refractivity contribution in [2.24, 2.45) is 0 Å². The number of carbonyl (C=O) groups is 2. The lowest BCUT2D eigenvalue weighted by molar-refractivity contribution is -0.138. The molecule has 0 saturated carbocycles. The molecule has 1 aliphatic heterocycles. The van der Waals surface area contributed by atoms with Crippen molar-refractivity contribution in [3.8, 4) is 5.75 Å². The summed E-state index contributed by atoms with van der Waals surface area (Å²) in [7, 11) is 1.72. The van der Waals surface area contributed by atoms with E-state index in [1.807, 2.05) is 48.5 Å². The molecule has 24 heavy (non-hydrogen) atoms. The van der Waals surface area contributed by atoms with Crippen LogP contribution in [0.5, 0.6) is 5.75 Å². The molecule has 1 fully saturated rings. The Morgan fingerprint density at radius 2 is 1.62 bits per heavy atom. The molecular formula is C19H20N2O3. The van der Waals surface area contributed by atoms with Crippen LogP contribution >= 0.6 is 0 Å². The second-order valence-electron chi connectivity index (χ2n) is 5.81. The predicted molar refractivity (Wildman–Crippen MR) is 90.2 cm³/mol. The molecule has 2 aromatic carbocycles. The summed E-state index contributed by atoms with van der Waals surface area (Å²) in [6.45, 7) is 1.65. The third kappa shape index (κ3) is 2.97. The fourth-order valence-corrected chi connectivity index (χ4v) is 3.03. The van der Waals surface area contributed by atoms with E-state index in [-0.39, 0.29) is 18.4 Å². The molecule has 1 saturated heterocycles. The van der Waals surface area contributed by atoms with Gasteiger partial charge in [-0.05, 0) is 24.6 Å². The predicted octanol–water partition coefficient (Wildman–Crippen LogP) is 2.45. The highest BCUT2D eigenvalue weighted by molar-refractivity contribution is 5.91. The van der Waals surface area contributed by atoms with Crippen molar-refractivity contribution < 1.29 is 14.3 Å². The molecule has 0 N–H and O–H groups in total. The van der Waals surface area contributed by atoms with E-state index in [2.05, 4.69) is 0 Å². The first kappa shape index (κ1) is 16.1. The van der Waals surface area contributed by atoms with Gasteiger partial charge in [0, 0.05) is 7.05 Å². The maximum Gasteiger partial charge on any atom is 0.263 e. The van der Waals surface area contributed by atoms with Crippen molar-refractivity contribution in [2.75, 3.05) is 13.7 Å². The third-order valence-electron chi connectivity index (χ3n) is 4.24. The molecule has 3 rings (SSSR count). The number of hydrogen-bond donors (Lipinski definition) is 0. The lowest BCUT2D eigenvalue weighted by atomic mass is 10.1. The Labute approximate surface area is 141 Å². The number of nitrogens with zero attached hydrogens (tertiary/aromatic N) is 2. The largest absolute Gasteiger partial charge is 0.484 e. The fourth-order valence-electron chi connectivity index (χ4n) is 3.03. The van der Waals surface area contributed by atoms with E-state index in [4.69, 9.17) is 4.74 Å². The molecule has 0 radical (unpaired) electrons. The molecule has 2 aromatic rings. The Morgan fingerprint density at radius 3 is 2.25 bits per heavy atom. The Bertz CT molecular complexity index is 718. The lowest BCUT2D eigenvalue weighted by Gasteiger charge is -2.29. The van der Waals surface area contributed by atoms with E-state index >= 15 is 0 Å². The van der Waals surface area contributed by atoms with Crippen molar-refractivity contribution in [3.63, 3.8) is 0 Å². The SMILES string of the molecule is CC1C(=O)N(C)C(c2ccccc2)N1C(=O)COc1ccccc1. The highest BCUT2D eigenvalue weighted by Gasteiger charge is 2.44. The van der Waals surface area contributed by atoms with Gasteiger partial charge in [0.05, 0.1) is 0 Å². The molecule has 5 nitrogen and oxygen atoms in total. The molecule has 0 aromatic heterocycles. The average Bonchev–Trinajstić information content (AvgIpc) is 2.85. The number of para-hydroxylation sites is 1. The lowest BCUT2D eigenvalue weighted by Crippen LogP contribution is -2.40. The second kappa shape index (κ2) is 6.74. The average molecular weight is 324 g/mol. The molecule has 124 valence electrons. The van der Waals surface area contributed by atoms with Crippen molar-refractivity contribution in [1.82, 2.24) is 9.80 Å². The number of hydrogen-bond acceptors (Lipinski definition) is 3. The van der Waals surface area contributed by atoms with Crippen LogP contribution in [0.1, 0.15) is 18.7 Å². The Balaban J connectivity index is 1.80. The van der Waals surface area contributed by atoms with Gasteiger partial charge in [-0.2, -0.15) is 0 Å². The minimum absolute atomic E-state index is 0.0723. The standard InChI is InChI=1S/C19H20N2O3/c1-14-19(23)20(2)18(15-9-5-3-6-10-15)21(14)17(22)13-24-16-11-7-4-8-12-16/h3-12,14,18H,13H2,1-2H3. The molecule has 5 heteroatoms. The van der Waals surface area contributed by atoms with Crippen LogP contribution < -0.4 is 4.74 Å². The summed E-state index contributed by atoms with van der Waals surface area (Å²) < 4.78 is 5.56. The molecule has 0 bridgehead atoms. The molecule has 2 unspecified atom stereocenters. The van der Waals surface area contributed by atoms with Gasteiger partial charge in [-0.1, -0.05) is 48.5 Å². The van der Waals surface area contributed by atoms with Gasteiger partial charge in [0.1, 0.15) is 18.0 Å². The van der Waals surface area contributed by atoms with Crippen LogP contribution in [0.25, 0.3) is 0 Å². The number of benzene rings is 2. The Morgan fingerprint density at radius 1 is 1.04 bits per heavy atom. The van der Waals surface area contributed by atoms with Crippen molar-refractivity contribution in [2.45, 2.75) is 19.1 Å². The topological polar surface area (TPSA) is 49.9 Å². The molecule has 1 heterocycles. The molecule has 1 aliphatic rings.